The molecule has 0 fully saturated rings. The van der Waals surface area contributed by atoms with Gasteiger partial charge in [-0.05, 0) is 23.6 Å². The van der Waals surface area contributed by atoms with Crippen LogP contribution in [0.1, 0.15) is 25.7 Å². The van der Waals surface area contributed by atoms with Gasteiger partial charge in [0.1, 0.15) is 4.88 Å². The van der Waals surface area contributed by atoms with Crippen molar-refractivity contribution in [2.75, 3.05) is 0 Å². The predicted molar refractivity (Wildman–Crippen MR) is 71.7 cm³/mol. The molecule has 0 saturated carbocycles. The minimum atomic E-state index is -1.03. The molecule has 0 unspecified atom stereocenters. The van der Waals surface area contributed by atoms with E-state index < -0.39 is 5.97 Å². The van der Waals surface area contributed by atoms with Gasteiger partial charge >= 0.3 is 5.97 Å². The van der Waals surface area contributed by atoms with Gasteiger partial charge in [-0.2, -0.15) is 0 Å². The monoisotopic (exact) mass is 296 g/mol. The third-order valence-corrected chi connectivity index (χ3v) is 3.66. The Morgan fingerprint density at radius 3 is 2.84 bits per heavy atom. The van der Waals surface area contributed by atoms with Crippen molar-refractivity contribution in [3.63, 3.8) is 0 Å². The van der Waals surface area contributed by atoms with Gasteiger partial charge in [0.15, 0.2) is 0 Å². The van der Waals surface area contributed by atoms with Gasteiger partial charge < -0.3 is 10.4 Å². The second kappa shape index (κ2) is 5.81. The maximum absolute atomic E-state index is 11.8. The van der Waals surface area contributed by atoms with Crippen LogP contribution in [0.15, 0.2) is 29.8 Å². The number of carbonyl (C=O) groups excluding carboxylic acids is 1. The molecule has 2 N–H and O–H groups in total. The van der Waals surface area contributed by atoms with Gasteiger partial charge in [0.2, 0.25) is 0 Å². The highest BCUT2D eigenvalue weighted by Crippen LogP contribution is 2.21. The molecule has 1 amide bonds. The summed E-state index contributed by atoms with van der Waals surface area (Å²) in [6.45, 7) is 0.147. The number of carboxylic acids is 1. The molecule has 2 aromatic rings. The van der Waals surface area contributed by atoms with Crippen LogP contribution in [0.5, 0.6) is 0 Å². The van der Waals surface area contributed by atoms with E-state index in [2.05, 4.69) is 10.3 Å². The van der Waals surface area contributed by atoms with Gasteiger partial charge in [0.25, 0.3) is 5.91 Å². The van der Waals surface area contributed by atoms with Gasteiger partial charge in [-0.15, -0.1) is 11.3 Å². The number of carboxylic acid groups (broad SMARTS) is 1. The van der Waals surface area contributed by atoms with Crippen LogP contribution in [0.2, 0.25) is 5.02 Å². The second-order valence-electron chi connectivity index (χ2n) is 3.62. The lowest BCUT2D eigenvalue weighted by Crippen LogP contribution is -2.22. The standard InChI is InChI=1S/C12H9ClN2O3S/c13-9-2-4-19-10(9)11(16)15-6-8-5-7(12(17)18)1-3-14-8/h1-5H,6H2,(H,15,16)(H,17,18). The molecular formula is C12H9ClN2O3S. The number of hydrogen-bond acceptors (Lipinski definition) is 4. The lowest BCUT2D eigenvalue weighted by molar-refractivity contribution is 0.0696. The summed E-state index contributed by atoms with van der Waals surface area (Å²) in [7, 11) is 0. The van der Waals surface area contributed by atoms with Gasteiger partial charge in [0.05, 0.1) is 22.8 Å². The molecule has 19 heavy (non-hydrogen) atoms. The van der Waals surface area contributed by atoms with Crippen LogP contribution in [0.3, 0.4) is 0 Å². The number of nitrogens with one attached hydrogen (secondary N) is 1. The molecular weight excluding hydrogens is 288 g/mol. The Balaban J connectivity index is 2.03. The summed E-state index contributed by atoms with van der Waals surface area (Å²) in [5.74, 6) is -1.33. The Kier molecular flexibility index (Phi) is 4.13. The molecule has 0 aromatic carbocycles. The first-order valence-electron chi connectivity index (χ1n) is 5.27. The minimum Gasteiger partial charge on any atom is -0.478 e. The Morgan fingerprint density at radius 1 is 1.42 bits per heavy atom. The Morgan fingerprint density at radius 2 is 2.21 bits per heavy atom. The van der Waals surface area contributed by atoms with Crippen LogP contribution in [-0.2, 0) is 6.54 Å². The molecule has 2 rings (SSSR count). The first-order chi connectivity index (χ1) is 9.08. The summed E-state index contributed by atoms with van der Waals surface area (Å²) >= 11 is 7.08. The fourth-order valence-corrected chi connectivity index (χ4v) is 2.47. The van der Waals surface area contributed by atoms with Gasteiger partial charge in [-0.25, -0.2) is 4.79 Å². The number of thiophene rings is 1. The molecule has 2 aromatic heterocycles. The highest BCUT2D eigenvalue weighted by Gasteiger charge is 2.12. The summed E-state index contributed by atoms with van der Waals surface area (Å²) in [5, 5.41) is 13.6. The first-order valence-corrected chi connectivity index (χ1v) is 6.53. The maximum atomic E-state index is 11.8. The molecule has 0 spiro atoms. The number of aromatic carboxylic acids is 1. The van der Waals surface area contributed by atoms with E-state index in [0.717, 1.165) is 0 Å². The van der Waals surface area contributed by atoms with Crippen molar-refractivity contribution in [2.45, 2.75) is 6.54 Å². The Bertz CT molecular complexity index is 627. The molecule has 2 heterocycles. The smallest absolute Gasteiger partial charge is 0.335 e. The van der Waals surface area contributed by atoms with E-state index in [1.165, 1.54) is 29.7 Å². The molecule has 0 aliphatic heterocycles. The lowest BCUT2D eigenvalue weighted by Gasteiger charge is -2.04. The maximum Gasteiger partial charge on any atom is 0.335 e. The van der Waals surface area contributed by atoms with Crippen LogP contribution >= 0.6 is 22.9 Å². The fourth-order valence-electron chi connectivity index (χ4n) is 1.41. The van der Waals surface area contributed by atoms with E-state index in [1.54, 1.807) is 11.4 Å². The summed E-state index contributed by atoms with van der Waals surface area (Å²) in [6, 6.07) is 4.45. The van der Waals surface area contributed by atoms with E-state index in [9.17, 15) is 9.59 Å². The molecule has 98 valence electrons. The van der Waals surface area contributed by atoms with Crippen LogP contribution in [0.4, 0.5) is 0 Å². The molecule has 0 aliphatic rings. The van der Waals surface area contributed by atoms with E-state index in [4.69, 9.17) is 16.7 Å². The molecule has 0 saturated heterocycles. The van der Waals surface area contributed by atoms with Crippen LogP contribution in [-0.4, -0.2) is 22.0 Å². The number of pyridine rings is 1. The lowest BCUT2D eigenvalue weighted by atomic mass is 10.2. The third kappa shape index (κ3) is 3.30. The van der Waals surface area contributed by atoms with Crippen LogP contribution < -0.4 is 5.32 Å². The van der Waals surface area contributed by atoms with E-state index in [1.807, 2.05) is 0 Å². The van der Waals surface area contributed by atoms with Crippen molar-refractivity contribution < 1.29 is 14.7 Å². The van der Waals surface area contributed by atoms with Gasteiger partial charge in [0, 0.05) is 6.20 Å². The summed E-state index contributed by atoms with van der Waals surface area (Å²) in [4.78, 5) is 27.0. The fraction of sp³-hybridized carbons (Fsp3) is 0.0833. The predicted octanol–water partition coefficient (Wildman–Crippen LogP) is 2.42. The van der Waals surface area contributed by atoms with Crippen molar-refractivity contribution in [3.05, 3.63) is 50.9 Å². The third-order valence-electron chi connectivity index (χ3n) is 2.32. The van der Waals surface area contributed by atoms with Crippen molar-refractivity contribution in [1.82, 2.24) is 10.3 Å². The van der Waals surface area contributed by atoms with Gasteiger partial charge in [-0.1, -0.05) is 11.6 Å². The van der Waals surface area contributed by atoms with E-state index in [0.29, 0.717) is 15.6 Å². The molecule has 5 nitrogen and oxygen atoms in total. The summed E-state index contributed by atoms with van der Waals surface area (Å²) in [5.41, 5.74) is 0.606. The van der Waals surface area contributed by atoms with Crippen molar-refractivity contribution in [1.29, 1.82) is 0 Å². The average molecular weight is 297 g/mol. The Labute approximate surface area is 117 Å². The molecule has 0 aliphatic carbocycles. The van der Waals surface area contributed by atoms with Gasteiger partial charge in [-0.3, -0.25) is 9.78 Å². The van der Waals surface area contributed by atoms with E-state index >= 15 is 0 Å². The molecule has 0 bridgehead atoms. The highest BCUT2D eigenvalue weighted by molar-refractivity contribution is 7.12. The summed E-state index contributed by atoms with van der Waals surface area (Å²) in [6.07, 6.45) is 1.39. The number of halogens is 1. The Hall–Kier alpha value is -1.92. The zero-order valence-corrected chi connectivity index (χ0v) is 11.2. The second-order valence-corrected chi connectivity index (χ2v) is 4.94. The number of amides is 1. The van der Waals surface area contributed by atoms with Crippen molar-refractivity contribution in [3.8, 4) is 0 Å². The van der Waals surface area contributed by atoms with E-state index in [-0.39, 0.29) is 18.0 Å². The van der Waals surface area contributed by atoms with Crippen LogP contribution in [0.25, 0.3) is 0 Å². The number of hydrogen-bond donors (Lipinski definition) is 2. The zero-order valence-electron chi connectivity index (χ0n) is 9.59. The largest absolute Gasteiger partial charge is 0.478 e. The zero-order chi connectivity index (χ0) is 13.8. The molecule has 7 heteroatoms. The number of aromatic nitrogens is 1. The quantitative estimate of drug-likeness (QED) is 0.908. The number of rotatable bonds is 4. The van der Waals surface area contributed by atoms with Crippen molar-refractivity contribution >= 4 is 34.8 Å². The normalized spacial score (nSPS) is 10.2. The highest BCUT2D eigenvalue weighted by atomic mass is 35.5. The van der Waals surface area contributed by atoms with Crippen molar-refractivity contribution in [2.24, 2.45) is 0 Å². The van der Waals surface area contributed by atoms with Crippen LogP contribution in [0, 0.1) is 0 Å². The first kappa shape index (κ1) is 13.5. The number of carbonyl (C=O) groups is 2. The topological polar surface area (TPSA) is 79.3 Å². The molecule has 0 radical (unpaired) electrons. The minimum absolute atomic E-state index is 0.133. The average Bonchev–Trinajstić information content (AvgIpc) is 2.82. The molecule has 0 atom stereocenters. The number of nitrogens with zero attached hydrogens (tertiary/aromatic N) is 1. The SMILES string of the molecule is O=C(O)c1ccnc(CNC(=O)c2sccc2Cl)c1. The summed E-state index contributed by atoms with van der Waals surface area (Å²) < 4.78 is 0.